The third-order valence-electron chi connectivity index (χ3n) is 5.52. The van der Waals surface area contributed by atoms with Gasteiger partial charge in [0.25, 0.3) is 0 Å². The Bertz CT molecular complexity index is 1280. The molecule has 1 aliphatic rings. The highest BCUT2D eigenvalue weighted by Crippen LogP contribution is 2.45. The number of ether oxygens (including phenoxy) is 2. The zero-order valence-corrected chi connectivity index (χ0v) is 16.1. The van der Waals surface area contributed by atoms with E-state index in [1.165, 1.54) is 13.2 Å². The Labute approximate surface area is 166 Å². The van der Waals surface area contributed by atoms with Crippen molar-refractivity contribution >= 4 is 27.5 Å². The largest absolute Gasteiger partial charge is 0.494 e. The van der Waals surface area contributed by atoms with Crippen LogP contribution in [0, 0.1) is 5.82 Å². The van der Waals surface area contributed by atoms with Gasteiger partial charge in [0.05, 0.1) is 36.3 Å². The van der Waals surface area contributed by atoms with Gasteiger partial charge in [0, 0.05) is 23.2 Å². The molecular weight excluding hydrogens is 373 g/mol. The fourth-order valence-corrected chi connectivity index (χ4v) is 3.90. The molecule has 7 heteroatoms. The maximum Gasteiger partial charge on any atom is 0.203 e. The number of hydrogen-bond acceptors (Lipinski definition) is 5. The van der Waals surface area contributed by atoms with Crippen LogP contribution >= 0.6 is 0 Å². The Kier molecular flexibility index (Phi) is 3.81. The van der Waals surface area contributed by atoms with Gasteiger partial charge < -0.3 is 24.9 Å². The van der Waals surface area contributed by atoms with Crippen molar-refractivity contribution in [2.75, 3.05) is 20.0 Å². The van der Waals surface area contributed by atoms with E-state index in [9.17, 15) is 9.50 Å². The molecule has 2 aromatic carbocycles. The van der Waals surface area contributed by atoms with Crippen LogP contribution in [-0.4, -0.2) is 28.9 Å². The summed E-state index contributed by atoms with van der Waals surface area (Å²) >= 11 is 0. The number of aromatic nitrogens is 2. The molecule has 5 rings (SSSR count). The van der Waals surface area contributed by atoms with E-state index < -0.39 is 5.82 Å². The summed E-state index contributed by atoms with van der Waals surface area (Å²) < 4.78 is 27.4. The zero-order valence-electron chi connectivity index (χ0n) is 16.1. The molecule has 0 atom stereocenters. The first kappa shape index (κ1) is 17.6. The van der Waals surface area contributed by atoms with Crippen molar-refractivity contribution in [1.82, 2.24) is 9.55 Å². The fraction of sp³-hybridized carbons (Fsp3) is 0.227. The second-order valence-corrected chi connectivity index (χ2v) is 7.27. The normalized spacial score (nSPS) is 13.9. The number of pyridine rings is 1. The smallest absolute Gasteiger partial charge is 0.203 e. The number of rotatable bonds is 4. The first-order valence-electron chi connectivity index (χ1n) is 9.37. The van der Waals surface area contributed by atoms with Gasteiger partial charge in [0.15, 0.2) is 11.5 Å². The molecule has 0 spiro atoms. The SMILES string of the molecule is COc1ccc(-c2c(F)ccc3c(N)c4c(O)n(C5CC5)cc4nc23)cc1OC. The lowest BCUT2D eigenvalue weighted by Gasteiger charge is -2.13. The van der Waals surface area contributed by atoms with Crippen LogP contribution in [0.15, 0.2) is 36.5 Å². The molecule has 0 bridgehead atoms. The number of nitrogen functional groups attached to an aromatic ring is 1. The molecule has 0 radical (unpaired) electrons. The number of fused-ring (bicyclic) bond motifs is 2. The van der Waals surface area contributed by atoms with Crippen LogP contribution in [0.2, 0.25) is 0 Å². The van der Waals surface area contributed by atoms with Gasteiger partial charge in [0.2, 0.25) is 5.88 Å². The number of hydrogen-bond donors (Lipinski definition) is 2. The Morgan fingerprint density at radius 3 is 2.59 bits per heavy atom. The maximum atomic E-state index is 15.0. The summed E-state index contributed by atoms with van der Waals surface area (Å²) in [5.41, 5.74) is 8.72. The van der Waals surface area contributed by atoms with Crippen molar-refractivity contribution in [1.29, 1.82) is 0 Å². The third-order valence-corrected chi connectivity index (χ3v) is 5.52. The third kappa shape index (κ3) is 2.57. The first-order chi connectivity index (χ1) is 14.0. The molecule has 1 fully saturated rings. The van der Waals surface area contributed by atoms with Crippen molar-refractivity contribution in [2.24, 2.45) is 0 Å². The van der Waals surface area contributed by atoms with Gasteiger partial charge in [-0.1, -0.05) is 6.07 Å². The van der Waals surface area contributed by atoms with Crippen LogP contribution in [0.5, 0.6) is 17.4 Å². The summed E-state index contributed by atoms with van der Waals surface area (Å²) in [6.07, 6.45) is 3.82. The molecule has 1 saturated carbocycles. The van der Waals surface area contributed by atoms with Crippen molar-refractivity contribution in [2.45, 2.75) is 18.9 Å². The Balaban J connectivity index is 1.82. The molecule has 0 aliphatic heterocycles. The maximum absolute atomic E-state index is 15.0. The molecule has 29 heavy (non-hydrogen) atoms. The zero-order chi connectivity index (χ0) is 20.3. The highest BCUT2D eigenvalue weighted by atomic mass is 19.1. The molecule has 0 unspecified atom stereocenters. The quantitative estimate of drug-likeness (QED) is 0.528. The van der Waals surface area contributed by atoms with E-state index in [1.54, 1.807) is 42.1 Å². The average Bonchev–Trinajstić information content (AvgIpc) is 3.51. The monoisotopic (exact) mass is 393 g/mol. The van der Waals surface area contributed by atoms with Gasteiger partial charge in [0.1, 0.15) is 5.82 Å². The van der Waals surface area contributed by atoms with Gasteiger partial charge in [-0.25, -0.2) is 9.37 Å². The van der Waals surface area contributed by atoms with Crippen molar-refractivity contribution < 1.29 is 19.0 Å². The Morgan fingerprint density at radius 1 is 1.14 bits per heavy atom. The lowest BCUT2D eigenvalue weighted by Crippen LogP contribution is -1.96. The van der Waals surface area contributed by atoms with Crippen LogP contribution in [0.25, 0.3) is 32.9 Å². The van der Waals surface area contributed by atoms with Crippen LogP contribution in [0.1, 0.15) is 18.9 Å². The van der Waals surface area contributed by atoms with Crippen LogP contribution < -0.4 is 15.2 Å². The molecule has 6 nitrogen and oxygen atoms in total. The molecule has 3 N–H and O–H groups in total. The second kappa shape index (κ2) is 6.27. The standard InChI is InChI=1S/C22H20FN3O3/c1-28-16-8-3-11(9-17(16)29-2)18-14(23)7-6-13-20(24)19-15(25-21(13)18)10-26(22(19)27)12-4-5-12/h3,6-10,12,27H,4-5,24H2,1-2H3. The number of halogens is 1. The number of anilines is 1. The Morgan fingerprint density at radius 2 is 1.90 bits per heavy atom. The van der Waals surface area contributed by atoms with E-state index >= 15 is 0 Å². The minimum absolute atomic E-state index is 0.117. The highest BCUT2D eigenvalue weighted by molar-refractivity contribution is 6.12. The molecule has 0 saturated heterocycles. The van der Waals surface area contributed by atoms with Gasteiger partial charge in [-0.15, -0.1) is 0 Å². The number of benzene rings is 2. The molecule has 2 heterocycles. The lowest BCUT2D eigenvalue weighted by molar-refractivity contribution is 0.355. The van der Waals surface area contributed by atoms with Crippen LogP contribution in [0.4, 0.5) is 10.1 Å². The predicted molar refractivity (Wildman–Crippen MR) is 110 cm³/mol. The molecule has 2 aromatic heterocycles. The second-order valence-electron chi connectivity index (χ2n) is 7.27. The van der Waals surface area contributed by atoms with E-state index in [1.807, 2.05) is 0 Å². The lowest BCUT2D eigenvalue weighted by atomic mass is 9.99. The van der Waals surface area contributed by atoms with E-state index in [0.29, 0.717) is 50.1 Å². The summed E-state index contributed by atoms with van der Waals surface area (Å²) in [6.45, 7) is 0. The first-order valence-corrected chi connectivity index (χ1v) is 9.37. The number of aromatic hydroxyl groups is 1. The van der Waals surface area contributed by atoms with Gasteiger partial charge >= 0.3 is 0 Å². The summed E-state index contributed by atoms with van der Waals surface area (Å²) in [4.78, 5) is 4.69. The van der Waals surface area contributed by atoms with Gasteiger partial charge in [-0.3, -0.25) is 0 Å². The topological polar surface area (TPSA) is 82.5 Å². The summed E-state index contributed by atoms with van der Waals surface area (Å²) in [5, 5.41) is 11.7. The average molecular weight is 393 g/mol. The summed E-state index contributed by atoms with van der Waals surface area (Å²) in [7, 11) is 3.08. The number of methoxy groups -OCH3 is 2. The molecule has 4 aromatic rings. The van der Waals surface area contributed by atoms with Crippen molar-refractivity contribution in [3.05, 3.63) is 42.3 Å². The minimum Gasteiger partial charge on any atom is -0.494 e. The van der Waals surface area contributed by atoms with E-state index in [2.05, 4.69) is 0 Å². The van der Waals surface area contributed by atoms with Crippen LogP contribution in [0.3, 0.4) is 0 Å². The minimum atomic E-state index is -0.415. The molecular formula is C22H20FN3O3. The van der Waals surface area contributed by atoms with E-state index in [-0.39, 0.29) is 11.9 Å². The van der Waals surface area contributed by atoms with E-state index in [4.69, 9.17) is 20.2 Å². The Hall–Kier alpha value is -3.48. The fourth-order valence-electron chi connectivity index (χ4n) is 3.90. The summed E-state index contributed by atoms with van der Waals surface area (Å²) in [6, 6.07) is 8.44. The molecule has 0 amide bonds. The van der Waals surface area contributed by atoms with Gasteiger partial charge in [-0.2, -0.15) is 0 Å². The number of nitrogens with zero attached hydrogens (tertiary/aromatic N) is 2. The predicted octanol–water partition coefficient (Wildman–Crippen LogP) is 4.64. The number of nitrogens with two attached hydrogens (primary N) is 1. The molecule has 1 aliphatic carbocycles. The summed E-state index contributed by atoms with van der Waals surface area (Å²) in [5.74, 6) is 0.749. The molecule has 148 valence electrons. The van der Waals surface area contributed by atoms with Crippen LogP contribution in [-0.2, 0) is 0 Å². The highest BCUT2D eigenvalue weighted by Gasteiger charge is 2.28. The van der Waals surface area contributed by atoms with Gasteiger partial charge in [-0.05, 0) is 42.7 Å². The van der Waals surface area contributed by atoms with Crippen molar-refractivity contribution in [3.63, 3.8) is 0 Å². The van der Waals surface area contributed by atoms with E-state index in [0.717, 1.165) is 12.8 Å². The van der Waals surface area contributed by atoms with Crippen molar-refractivity contribution in [3.8, 4) is 28.5 Å².